The first-order chi connectivity index (χ1) is 15.7. The minimum atomic E-state index is -4.13. The molecule has 196 valence electrons. The molecule has 0 bridgehead atoms. The Bertz CT molecular complexity index is 603. The van der Waals surface area contributed by atoms with E-state index in [0.29, 0.717) is 30.4 Å². The first-order valence-electron chi connectivity index (χ1n) is 13.3. The summed E-state index contributed by atoms with van der Waals surface area (Å²) in [7, 11) is -0.0919. The molecule has 0 aromatic heterocycles. The molecule has 0 rings (SSSR count). The Morgan fingerprint density at radius 1 is 0.788 bits per heavy atom. The first-order valence-corrected chi connectivity index (χ1v) is 14.9. The van der Waals surface area contributed by atoms with Gasteiger partial charge < -0.3 is 14.4 Å². The van der Waals surface area contributed by atoms with Crippen molar-refractivity contribution < 1.29 is 22.2 Å². The lowest BCUT2D eigenvalue weighted by molar-refractivity contribution is -0.890. The maximum Gasteiger partial charge on any atom is 0.219 e. The number of hydrogen-bond donors (Lipinski definition) is 1. The molecule has 0 aliphatic carbocycles. The SMILES string of the molecule is CCCCCCCC/C=C\CCCCCCCC(=O)NCCC[N+](C)(C)CCCS(=O)(=O)[O-]. The third-order valence-electron chi connectivity index (χ3n) is 6.09. The van der Waals surface area contributed by atoms with Crippen molar-refractivity contribution in [3.8, 4) is 0 Å². The highest BCUT2D eigenvalue weighted by molar-refractivity contribution is 7.85. The number of nitrogens with zero attached hydrogens (tertiary/aromatic N) is 1. The second-order valence-corrected chi connectivity index (χ2v) is 11.6. The van der Waals surface area contributed by atoms with Gasteiger partial charge in [0, 0.05) is 31.6 Å². The van der Waals surface area contributed by atoms with E-state index in [2.05, 4.69) is 24.4 Å². The molecule has 0 heterocycles. The van der Waals surface area contributed by atoms with E-state index in [1.54, 1.807) is 0 Å². The van der Waals surface area contributed by atoms with Gasteiger partial charge in [-0.1, -0.05) is 70.4 Å². The summed E-state index contributed by atoms with van der Waals surface area (Å²) in [6.45, 7) is 4.38. The molecule has 1 amide bonds. The van der Waals surface area contributed by atoms with Gasteiger partial charge in [-0.15, -0.1) is 0 Å². The Balaban J connectivity index is 3.48. The van der Waals surface area contributed by atoms with Crippen molar-refractivity contribution in [3.05, 3.63) is 12.2 Å². The van der Waals surface area contributed by atoms with E-state index in [-0.39, 0.29) is 11.7 Å². The quantitative estimate of drug-likeness (QED) is 0.0885. The minimum absolute atomic E-state index is 0.121. The smallest absolute Gasteiger partial charge is 0.219 e. The fourth-order valence-electron chi connectivity index (χ4n) is 3.96. The number of unbranched alkanes of at least 4 members (excludes halogenated alkanes) is 11. The molecule has 0 saturated carbocycles. The van der Waals surface area contributed by atoms with E-state index in [0.717, 1.165) is 25.8 Å². The number of quaternary nitrogens is 1. The predicted molar refractivity (Wildman–Crippen MR) is 138 cm³/mol. The lowest BCUT2D eigenvalue weighted by atomic mass is 10.1. The van der Waals surface area contributed by atoms with Crippen LogP contribution >= 0.6 is 0 Å². The van der Waals surface area contributed by atoms with Crippen molar-refractivity contribution in [3.63, 3.8) is 0 Å². The highest BCUT2D eigenvalue weighted by atomic mass is 32.2. The summed E-state index contributed by atoms with van der Waals surface area (Å²) in [5.74, 6) is -0.183. The standard InChI is InChI=1S/C26H52N2O4S/c1-4-5-6-7-8-9-10-11-12-13-14-15-16-17-18-21-26(29)27-22-19-23-28(2,3)24-20-25-33(30,31)32/h11-12H,4-10,13-25H2,1-3H3,(H-,27,29,30,31,32)/b12-11-. The van der Waals surface area contributed by atoms with E-state index >= 15 is 0 Å². The second-order valence-electron chi connectivity index (χ2n) is 10.0. The summed E-state index contributed by atoms with van der Waals surface area (Å²) in [6.07, 6.45) is 22.8. The molecule has 0 radical (unpaired) electrons. The third kappa shape index (κ3) is 25.5. The van der Waals surface area contributed by atoms with Crippen LogP contribution in [0.5, 0.6) is 0 Å². The minimum Gasteiger partial charge on any atom is -0.748 e. The van der Waals surface area contributed by atoms with Crippen LogP contribution in [0.15, 0.2) is 12.2 Å². The van der Waals surface area contributed by atoms with E-state index < -0.39 is 10.1 Å². The van der Waals surface area contributed by atoms with Crippen LogP contribution in [-0.2, 0) is 14.9 Å². The van der Waals surface area contributed by atoms with Crippen LogP contribution in [0.25, 0.3) is 0 Å². The molecular weight excluding hydrogens is 436 g/mol. The summed E-state index contributed by atoms with van der Waals surface area (Å²) < 4.78 is 32.7. The number of allylic oxidation sites excluding steroid dienone is 2. The molecule has 33 heavy (non-hydrogen) atoms. The zero-order chi connectivity index (χ0) is 24.8. The van der Waals surface area contributed by atoms with E-state index in [1.165, 1.54) is 70.6 Å². The van der Waals surface area contributed by atoms with Gasteiger partial charge >= 0.3 is 0 Å². The summed E-state index contributed by atoms with van der Waals surface area (Å²) in [5, 5.41) is 2.98. The van der Waals surface area contributed by atoms with Gasteiger partial charge in [-0.25, -0.2) is 8.42 Å². The molecule has 0 fully saturated rings. The van der Waals surface area contributed by atoms with E-state index in [1.807, 2.05) is 14.1 Å². The van der Waals surface area contributed by atoms with Gasteiger partial charge in [0.1, 0.15) is 0 Å². The van der Waals surface area contributed by atoms with Crippen LogP contribution in [0.3, 0.4) is 0 Å². The topological polar surface area (TPSA) is 86.3 Å². The number of amides is 1. The number of rotatable bonds is 23. The molecule has 0 unspecified atom stereocenters. The van der Waals surface area contributed by atoms with Gasteiger partial charge in [0.2, 0.25) is 5.91 Å². The van der Waals surface area contributed by atoms with Crippen molar-refractivity contribution in [2.45, 2.75) is 110 Å². The van der Waals surface area contributed by atoms with Crippen molar-refractivity contribution >= 4 is 16.0 Å². The van der Waals surface area contributed by atoms with Crippen molar-refractivity contribution in [2.24, 2.45) is 0 Å². The van der Waals surface area contributed by atoms with Crippen molar-refractivity contribution in [2.75, 3.05) is 39.5 Å². The van der Waals surface area contributed by atoms with Crippen LogP contribution < -0.4 is 5.32 Å². The maximum absolute atomic E-state index is 12.0. The van der Waals surface area contributed by atoms with Crippen LogP contribution in [-0.4, -0.2) is 62.8 Å². The summed E-state index contributed by atoms with van der Waals surface area (Å²) in [6, 6.07) is 0. The summed E-state index contributed by atoms with van der Waals surface area (Å²) in [5.41, 5.74) is 0. The molecular formula is C26H52N2O4S. The molecule has 7 heteroatoms. The van der Waals surface area contributed by atoms with Crippen LogP contribution in [0, 0.1) is 0 Å². The number of carbonyl (C=O) groups excluding carboxylic acids is 1. The number of carbonyl (C=O) groups is 1. The largest absolute Gasteiger partial charge is 0.748 e. The van der Waals surface area contributed by atoms with Crippen molar-refractivity contribution in [1.82, 2.24) is 5.32 Å². The van der Waals surface area contributed by atoms with Gasteiger partial charge in [0.15, 0.2) is 0 Å². The third-order valence-corrected chi connectivity index (χ3v) is 6.87. The average Bonchev–Trinajstić information content (AvgIpc) is 2.73. The summed E-state index contributed by atoms with van der Waals surface area (Å²) >= 11 is 0. The first kappa shape index (κ1) is 32.1. The molecule has 6 nitrogen and oxygen atoms in total. The van der Waals surface area contributed by atoms with Gasteiger partial charge in [-0.05, 0) is 32.1 Å². The Morgan fingerprint density at radius 3 is 1.88 bits per heavy atom. The molecule has 0 atom stereocenters. The monoisotopic (exact) mass is 488 g/mol. The van der Waals surface area contributed by atoms with Crippen LogP contribution in [0.1, 0.15) is 110 Å². The van der Waals surface area contributed by atoms with Crippen molar-refractivity contribution in [1.29, 1.82) is 0 Å². The van der Waals surface area contributed by atoms with Gasteiger partial charge in [-0.3, -0.25) is 4.79 Å². The lowest BCUT2D eigenvalue weighted by Crippen LogP contribution is -2.43. The highest BCUT2D eigenvalue weighted by Gasteiger charge is 2.15. The van der Waals surface area contributed by atoms with Gasteiger partial charge in [0.05, 0.1) is 37.3 Å². The Labute approximate surface area is 204 Å². The van der Waals surface area contributed by atoms with Crippen LogP contribution in [0.2, 0.25) is 0 Å². The normalized spacial score (nSPS) is 12.5. The second kappa shape index (κ2) is 20.5. The Morgan fingerprint density at radius 2 is 1.30 bits per heavy atom. The summed E-state index contributed by atoms with van der Waals surface area (Å²) in [4.78, 5) is 12.0. The molecule has 0 aromatic carbocycles. The van der Waals surface area contributed by atoms with E-state index in [4.69, 9.17) is 0 Å². The zero-order valence-corrected chi connectivity index (χ0v) is 22.6. The predicted octanol–water partition coefficient (Wildman–Crippen LogP) is 5.54. The fourth-order valence-corrected chi connectivity index (χ4v) is 4.44. The molecule has 1 N–H and O–H groups in total. The molecule has 0 aliphatic rings. The zero-order valence-electron chi connectivity index (χ0n) is 21.8. The molecule has 0 saturated heterocycles. The maximum atomic E-state index is 12.0. The molecule has 0 spiro atoms. The molecule has 0 aromatic rings. The van der Waals surface area contributed by atoms with E-state index in [9.17, 15) is 17.8 Å². The van der Waals surface area contributed by atoms with Gasteiger partial charge in [-0.2, -0.15) is 0 Å². The number of hydrogen-bond acceptors (Lipinski definition) is 4. The van der Waals surface area contributed by atoms with Gasteiger partial charge in [0.25, 0.3) is 0 Å². The highest BCUT2D eigenvalue weighted by Crippen LogP contribution is 2.10. The van der Waals surface area contributed by atoms with Crippen LogP contribution in [0.4, 0.5) is 0 Å². The lowest BCUT2D eigenvalue weighted by Gasteiger charge is -2.30. The fraction of sp³-hybridized carbons (Fsp3) is 0.885. The average molecular weight is 489 g/mol. The number of nitrogens with one attached hydrogen (secondary N) is 1. The Hall–Kier alpha value is -0.920. The Kier molecular flexibility index (Phi) is 19.9. The molecule has 0 aliphatic heterocycles.